The Morgan fingerprint density at radius 2 is 1.95 bits per heavy atom. The maximum absolute atomic E-state index is 11.9. The molecule has 3 aromatic rings. The number of hydrogen-bond acceptors (Lipinski definition) is 3. The molecular formula is C17H16BrNO3. The molecule has 0 aliphatic rings. The minimum atomic E-state index is -0.316. The summed E-state index contributed by atoms with van der Waals surface area (Å²) in [7, 11) is 0. The zero-order valence-electron chi connectivity index (χ0n) is 12.2. The van der Waals surface area contributed by atoms with E-state index in [4.69, 9.17) is 9.15 Å². The summed E-state index contributed by atoms with van der Waals surface area (Å²) in [5.74, 6) is 0.507. The van der Waals surface area contributed by atoms with Crippen LogP contribution in [0.25, 0.3) is 11.1 Å². The van der Waals surface area contributed by atoms with E-state index < -0.39 is 0 Å². The molecule has 0 N–H and O–H groups in total. The van der Waals surface area contributed by atoms with E-state index in [2.05, 4.69) is 15.9 Å². The van der Waals surface area contributed by atoms with Crippen LogP contribution in [0, 0.1) is 6.92 Å². The molecule has 0 saturated heterocycles. The van der Waals surface area contributed by atoms with Crippen LogP contribution in [0.15, 0.2) is 56.1 Å². The van der Waals surface area contributed by atoms with E-state index in [9.17, 15) is 4.79 Å². The normalized spacial score (nSPS) is 11.0. The number of aryl methyl sites for hydroxylation is 2. The van der Waals surface area contributed by atoms with Gasteiger partial charge in [-0.25, -0.2) is 4.79 Å². The van der Waals surface area contributed by atoms with Crippen molar-refractivity contribution in [3.63, 3.8) is 0 Å². The second-order valence-electron chi connectivity index (χ2n) is 5.15. The van der Waals surface area contributed by atoms with E-state index >= 15 is 0 Å². The molecule has 0 fully saturated rings. The minimum Gasteiger partial charge on any atom is -0.494 e. The van der Waals surface area contributed by atoms with Gasteiger partial charge in [-0.15, -0.1) is 0 Å². The zero-order chi connectivity index (χ0) is 15.5. The molecule has 0 radical (unpaired) electrons. The van der Waals surface area contributed by atoms with Crippen LogP contribution in [0.5, 0.6) is 5.75 Å². The van der Waals surface area contributed by atoms with Crippen LogP contribution in [0.4, 0.5) is 0 Å². The molecule has 0 atom stereocenters. The third kappa shape index (κ3) is 3.25. The molecule has 1 aromatic heterocycles. The Bertz CT molecular complexity index is 833. The van der Waals surface area contributed by atoms with Crippen molar-refractivity contribution in [1.29, 1.82) is 0 Å². The number of fused-ring (bicyclic) bond motifs is 1. The fourth-order valence-corrected chi connectivity index (χ4v) is 2.59. The zero-order valence-corrected chi connectivity index (χ0v) is 13.8. The number of ether oxygens (including phenoxy) is 1. The quantitative estimate of drug-likeness (QED) is 0.641. The lowest BCUT2D eigenvalue weighted by Gasteiger charge is -2.06. The van der Waals surface area contributed by atoms with Crippen LogP contribution in [-0.4, -0.2) is 11.2 Å². The van der Waals surface area contributed by atoms with Crippen LogP contribution in [0.2, 0.25) is 0 Å². The van der Waals surface area contributed by atoms with Crippen LogP contribution in [0.1, 0.15) is 12.0 Å². The van der Waals surface area contributed by atoms with E-state index in [0.29, 0.717) is 18.7 Å². The van der Waals surface area contributed by atoms with Gasteiger partial charge in [0.2, 0.25) is 0 Å². The Labute approximate surface area is 136 Å². The van der Waals surface area contributed by atoms with Crippen molar-refractivity contribution in [3.05, 3.63) is 63.1 Å². The average Bonchev–Trinajstić information content (AvgIpc) is 2.81. The lowest BCUT2D eigenvalue weighted by molar-refractivity contribution is 0.300. The SMILES string of the molecule is Cc1ccc2oc(=O)n(CCCOc3ccc(Br)cc3)c2c1. The average molecular weight is 362 g/mol. The third-order valence-corrected chi connectivity index (χ3v) is 3.96. The molecule has 22 heavy (non-hydrogen) atoms. The topological polar surface area (TPSA) is 44.4 Å². The molecule has 0 spiro atoms. The Balaban J connectivity index is 1.64. The first-order valence-electron chi connectivity index (χ1n) is 7.12. The highest BCUT2D eigenvalue weighted by atomic mass is 79.9. The lowest BCUT2D eigenvalue weighted by Crippen LogP contribution is -2.15. The Morgan fingerprint density at radius 1 is 1.18 bits per heavy atom. The molecular weight excluding hydrogens is 346 g/mol. The van der Waals surface area contributed by atoms with E-state index in [1.165, 1.54) is 0 Å². The van der Waals surface area contributed by atoms with Crippen molar-refractivity contribution in [3.8, 4) is 5.75 Å². The Kier molecular flexibility index (Phi) is 4.34. The summed E-state index contributed by atoms with van der Waals surface area (Å²) in [6.45, 7) is 3.12. The standard InChI is InChI=1S/C17H16BrNO3/c1-12-3-8-16-15(11-12)19(17(20)22-16)9-2-10-21-14-6-4-13(18)5-7-14/h3-8,11H,2,9-10H2,1H3. The molecule has 114 valence electrons. The molecule has 2 aromatic carbocycles. The first-order chi connectivity index (χ1) is 10.6. The maximum Gasteiger partial charge on any atom is 0.419 e. The molecule has 1 heterocycles. The molecule has 4 nitrogen and oxygen atoms in total. The Morgan fingerprint density at radius 3 is 2.73 bits per heavy atom. The fourth-order valence-electron chi connectivity index (χ4n) is 2.33. The highest BCUT2D eigenvalue weighted by molar-refractivity contribution is 9.10. The number of aromatic nitrogens is 1. The van der Waals surface area contributed by atoms with Gasteiger partial charge in [-0.05, 0) is 55.3 Å². The predicted molar refractivity (Wildman–Crippen MR) is 89.5 cm³/mol. The van der Waals surface area contributed by atoms with Crippen molar-refractivity contribution in [1.82, 2.24) is 4.57 Å². The summed E-state index contributed by atoms with van der Waals surface area (Å²) in [4.78, 5) is 11.9. The van der Waals surface area contributed by atoms with E-state index in [1.807, 2.05) is 49.4 Å². The van der Waals surface area contributed by atoms with Gasteiger partial charge in [0.05, 0.1) is 12.1 Å². The van der Waals surface area contributed by atoms with Crippen molar-refractivity contribution < 1.29 is 9.15 Å². The van der Waals surface area contributed by atoms with E-state index in [1.54, 1.807) is 4.57 Å². The number of rotatable bonds is 5. The van der Waals surface area contributed by atoms with Crippen molar-refractivity contribution in [2.45, 2.75) is 19.9 Å². The molecule has 0 amide bonds. The summed E-state index contributed by atoms with van der Waals surface area (Å²) in [6.07, 6.45) is 0.735. The minimum absolute atomic E-state index is 0.316. The summed E-state index contributed by atoms with van der Waals surface area (Å²) < 4.78 is 13.6. The smallest absolute Gasteiger partial charge is 0.419 e. The highest BCUT2D eigenvalue weighted by Gasteiger charge is 2.08. The van der Waals surface area contributed by atoms with E-state index in [-0.39, 0.29) is 5.76 Å². The van der Waals surface area contributed by atoms with Crippen molar-refractivity contribution in [2.75, 3.05) is 6.61 Å². The molecule has 0 aliphatic carbocycles. The largest absolute Gasteiger partial charge is 0.494 e. The van der Waals surface area contributed by atoms with Crippen LogP contribution < -0.4 is 10.5 Å². The fraction of sp³-hybridized carbons (Fsp3) is 0.235. The predicted octanol–water partition coefficient (Wildman–Crippen LogP) is 4.13. The Hall–Kier alpha value is -2.01. The first kappa shape index (κ1) is 14.9. The van der Waals surface area contributed by atoms with Gasteiger partial charge in [-0.3, -0.25) is 4.57 Å². The van der Waals surface area contributed by atoms with Gasteiger partial charge in [0, 0.05) is 11.0 Å². The van der Waals surface area contributed by atoms with Crippen LogP contribution in [-0.2, 0) is 6.54 Å². The lowest BCUT2D eigenvalue weighted by atomic mass is 10.2. The third-order valence-electron chi connectivity index (χ3n) is 3.43. The molecule has 0 bridgehead atoms. The summed E-state index contributed by atoms with van der Waals surface area (Å²) in [6, 6.07) is 13.4. The number of nitrogens with zero attached hydrogens (tertiary/aromatic N) is 1. The van der Waals surface area contributed by atoms with Gasteiger partial charge >= 0.3 is 5.76 Å². The number of halogens is 1. The van der Waals surface area contributed by atoms with Gasteiger partial charge in [0.15, 0.2) is 5.58 Å². The number of hydrogen-bond donors (Lipinski definition) is 0. The monoisotopic (exact) mass is 361 g/mol. The molecule has 0 unspecified atom stereocenters. The number of benzene rings is 2. The molecule has 0 aliphatic heterocycles. The summed E-state index contributed by atoms with van der Waals surface area (Å²) >= 11 is 3.39. The second-order valence-corrected chi connectivity index (χ2v) is 6.06. The van der Waals surface area contributed by atoms with Crippen LogP contribution >= 0.6 is 15.9 Å². The van der Waals surface area contributed by atoms with Gasteiger partial charge < -0.3 is 9.15 Å². The van der Waals surface area contributed by atoms with E-state index in [0.717, 1.165) is 27.7 Å². The first-order valence-corrected chi connectivity index (χ1v) is 7.91. The molecule has 3 rings (SSSR count). The number of oxazole rings is 1. The van der Waals surface area contributed by atoms with Crippen molar-refractivity contribution in [2.24, 2.45) is 0 Å². The second kappa shape index (κ2) is 6.40. The molecule has 5 heteroatoms. The van der Waals surface area contributed by atoms with Gasteiger partial charge in [-0.2, -0.15) is 0 Å². The van der Waals surface area contributed by atoms with Gasteiger partial charge in [0.1, 0.15) is 5.75 Å². The highest BCUT2D eigenvalue weighted by Crippen LogP contribution is 2.17. The van der Waals surface area contributed by atoms with Crippen LogP contribution in [0.3, 0.4) is 0 Å². The molecule has 0 saturated carbocycles. The van der Waals surface area contributed by atoms with Gasteiger partial charge in [0.25, 0.3) is 0 Å². The summed E-state index contributed by atoms with van der Waals surface area (Å²) in [5.41, 5.74) is 2.58. The summed E-state index contributed by atoms with van der Waals surface area (Å²) in [5, 5.41) is 0. The van der Waals surface area contributed by atoms with Gasteiger partial charge in [-0.1, -0.05) is 22.0 Å². The van der Waals surface area contributed by atoms with Crippen molar-refractivity contribution >= 4 is 27.0 Å². The maximum atomic E-state index is 11.9.